The molecule has 0 spiro atoms. The summed E-state index contributed by atoms with van der Waals surface area (Å²) in [5.74, 6) is 2.15. The predicted octanol–water partition coefficient (Wildman–Crippen LogP) is 3.65. The Bertz CT molecular complexity index is 1010. The molecule has 0 aliphatic carbocycles. The molecule has 0 saturated carbocycles. The van der Waals surface area contributed by atoms with Crippen LogP contribution in [0.25, 0.3) is 11.3 Å². The van der Waals surface area contributed by atoms with Crippen molar-refractivity contribution in [1.82, 2.24) is 10.2 Å². The average Bonchev–Trinajstić information content (AvgIpc) is 2.78. The highest BCUT2D eigenvalue weighted by Gasteiger charge is 2.13. The highest BCUT2D eigenvalue weighted by atomic mass is 32.2. The Morgan fingerprint density at radius 2 is 1.90 bits per heavy atom. The lowest BCUT2D eigenvalue weighted by Gasteiger charge is -2.18. The van der Waals surface area contributed by atoms with Gasteiger partial charge in [-0.1, -0.05) is 23.9 Å². The van der Waals surface area contributed by atoms with Crippen molar-refractivity contribution in [2.45, 2.75) is 5.03 Å². The number of para-hydroxylation sites is 1. The van der Waals surface area contributed by atoms with Gasteiger partial charge in [-0.2, -0.15) is 0 Å². The van der Waals surface area contributed by atoms with Gasteiger partial charge in [0.25, 0.3) is 0 Å². The van der Waals surface area contributed by atoms with Crippen molar-refractivity contribution in [3.8, 4) is 28.5 Å². The van der Waals surface area contributed by atoms with E-state index in [9.17, 15) is 4.79 Å². The summed E-state index contributed by atoms with van der Waals surface area (Å²) < 4.78 is 16.4. The molecule has 148 valence electrons. The van der Waals surface area contributed by atoms with E-state index in [4.69, 9.17) is 14.2 Å². The summed E-state index contributed by atoms with van der Waals surface area (Å²) in [7, 11) is 1.62. The number of carbonyl (C=O) groups excluding carboxylic acids is 1. The molecule has 29 heavy (non-hydrogen) atoms. The summed E-state index contributed by atoms with van der Waals surface area (Å²) in [6.45, 7) is 1.04. The van der Waals surface area contributed by atoms with E-state index in [-0.39, 0.29) is 11.7 Å². The van der Waals surface area contributed by atoms with Crippen LogP contribution in [0.5, 0.6) is 17.2 Å². The molecule has 1 aliphatic rings. The number of thioether (sulfide) groups is 1. The number of hydrogen-bond donors (Lipinski definition) is 1. The van der Waals surface area contributed by atoms with E-state index in [1.54, 1.807) is 25.3 Å². The average molecular weight is 409 g/mol. The van der Waals surface area contributed by atoms with Crippen molar-refractivity contribution < 1.29 is 19.0 Å². The zero-order valence-corrected chi connectivity index (χ0v) is 16.6. The second-order valence-corrected chi connectivity index (χ2v) is 7.15. The molecule has 0 fully saturated rings. The summed E-state index contributed by atoms with van der Waals surface area (Å²) in [6.07, 6.45) is 0. The van der Waals surface area contributed by atoms with Crippen LogP contribution in [-0.2, 0) is 4.79 Å². The van der Waals surface area contributed by atoms with Crippen LogP contribution in [0, 0.1) is 0 Å². The molecule has 7 nitrogen and oxygen atoms in total. The van der Waals surface area contributed by atoms with E-state index in [0.29, 0.717) is 41.1 Å². The number of amides is 1. The smallest absolute Gasteiger partial charge is 0.234 e. The maximum Gasteiger partial charge on any atom is 0.234 e. The fourth-order valence-corrected chi connectivity index (χ4v) is 3.47. The molecule has 1 amide bonds. The van der Waals surface area contributed by atoms with Gasteiger partial charge in [0.1, 0.15) is 24.0 Å². The molecule has 2 aromatic carbocycles. The molecule has 0 bridgehead atoms. The Labute approximate surface area is 172 Å². The molecular weight excluding hydrogens is 390 g/mol. The minimum absolute atomic E-state index is 0.137. The number of hydrogen-bond acceptors (Lipinski definition) is 7. The second-order valence-electron chi connectivity index (χ2n) is 6.15. The van der Waals surface area contributed by atoms with Crippen molar-refractivity contribution in [2.75, 3.05) is 31.4 Å². The zero-order valence-electron chi connectivity index (χ0n) is 15.8. The monoisotopic (exact) mass is 409 g/mol. The summed E-state index contributed by atoms with van der Waals surface area (Å²) in [5, 5.41) is 12.0. The van der Waals surface area contributed by atoms with Gasteiger partial charge in [-0.3, -0.25) is 4.79 Å². The van der Waals surface area contributed by atoms with Crippen LogP contribution in [-0.4, -0.2) is 42.2 Å². The Kier molecular flexibility index (Phi) is 5.81. The maximum absolute atomic E-state index is 12.3. The first-order valence-corrected chi connectivity index (χ1v) is 10.0. The van der Waals surface area contributed by atoms with Crippen molar-refractivity contribution in [2.24, 2.45) is 0 Å². The first-order valence-electron chi connectivity index (χ1n) is 9.02. The molecule has 8 heteroatoms. The molecule has 2 heterocycles. The van der Waals surface area contributed by atoms with E-state index in [2.05, 4.69) is 15.5 Å². The topological polar surface area (TPSA) is 82.6 Å². The van der Waals surface area contributed by atoms with Gasteiger partial charge in [-0.05, 0) is 36.4 Å². The maximum atomic E-state index is 12.3. The van der Waals surface area contributed by atoms with E-state index in [1.165, 1.54) is 11.8 Å². The summed E-state index contributed by atoms with van der Waals surface area (Å²) >= 11 is 1.32. The van der Waals surface area contributed by atoms with Crippen molar-refractivity contribution >= 4 is 23.4 Å². The van der Waals surface area contributed by atoms with Crippen LogP contribution in [0.2, 0.25) is 0 Å². The Hall–Kier alpha value is -3.26. The second kappa shape index (κ2) is 8.83. The summed E-state index contributed by atoms with van der Waals surface area (Å²) in [4.78, 5) is 12.3. The fourth-order valence-electron chi connectivity index (χ4n) is 2.85. The zero-order chi connectivity index (χ0) is 20.1. The van der Waals surface area contributed by atoms with Gasteiger partial charge in [-0.25, -0.2) is 0 Å². The summed E-state index contributed by atoms with van der Waals surface area (Å²) in [6, 6.07) is 16.7. The molecule has 0 radical (unpaired) electrons. The van der Waals surface area contributed by atoms with Gasteiger partial charge >= 0.3 is 0 Å². The number of ether oxygens (including phenoxy) is 3. The Balaban J connectivity index is 1.35. The number of anilines is 1. The quantitative estimate of drug-likeness (QED) is 0.622. The number of benzene rings is 2. The van der Waals surface area contributed by atoms with Crippen LogP contribution in [0.4, 0.5) is 5.69 Å². The lowest BCUT2D eigenvalue weighted by molar-refractivity contribution is -0.113. The van der Waals surface area contributed by atoms with E-state index in [0.717, 1.165) is 11.3 Å². The molecule has 0 saturated heterocycles. The minimum atomic E-state index is -0.137. The van der Waals surface area contributed by atoms with Crippen LogP contribution in [0.1, 0.15) is 0 Å². The molecule has 0 unspecified atom stereocenters. The van der Waals surface area contributed by atoms with Crippen molar-refractivity contribution in [1.29, 1.82) is 0 Å². The van der Waals surface area contributed by atoms with Gasteiger partial charge in [0, 0.05) is 17.3 Å². The number of fused-ring (bicyclic) bond motifs is 1. The number of methoxy groups -OCH3 is 1. The number of rotatable bonds is 6. The standard InChI is InChI=1S/C21H19N3O4S/c1-26-17-5-3-2-4-15(17)16-7-9-21(24-23-16)29-13-20(25)22-14-6-8-18-19(12-14)28-11-10-27-18/h2-9,12H,10-11,13H2,1H3,(H,22,25). The van der Waals surface area contributed by atoms with Crippen LogP contribution < -0.4 is 19.5 Å². The minimum Gasteiger partial charge on any atom is -0.496 e. The van der Waals surface area contributed by atoms with Crippen LogP contribution in [0.15, 0.2) is 59.6 Å². The van der Waals surface area contributed by atoms with E-state index >= 15 is 0 Å². The largest absolute Gasteiger partial charge is 0.496 e. The van der Waals surface area contributed by atoms with Gasteiger partial charge in [0.15, 0.2) is 11.5 Å². The molecule has 1 aromatic heterocycles. The van der Waals surface area contributed by atoms with Gasteiger partial charge < -0.3 is 19.5 Å². The number of carbonyl (C=O) groups is 1. The van der Waals surface area contributed by atoms with Gasteiger partial charge in [-0.15, -0.1) is 10.2 Å². The normalized spacial score (nSPS) is 12.3. The highest BCUT2D eigenvalue weighted by molar-refractivity contribution is 7.99. The van der Waals surface area contributed by atoms with Crippen LogP contribution in [0.3, 0.4) is 0 Å². The Morgan fingerprint density at radius 3 is 2.69 bits per heavy atom. The van der Waals surface area contributed by atoms with E-state index in [1.807, 2.05) is 36.4 Å². The predicted molar refractivity (Wildman–Crippen MR) is 111 cm³/mol. The van der Waals surface area contributed by atoms with Crippen molar-refractivity contribution in [3.63, 3.8) is 0 Å². The molecule has 3 aromatic rings. The summed E-state index contributed by atoms with van der Waals surface area (Å²) in [5.41, 5.74) is 2.25. The third-order valence-corrected chi connectivity index (χ3v) is 5.12. The first-order chi connectivity index (χ1) is 14.2. The fraction of sp³-hybridized carbons (Fsp3) is 0.190. The van der Waals surface area contributed by atoms with E-state index < -0.39 is 0 Å². The number of nitrogens with one attached hydrogen (secondary N) is 1. The van der Waals surface area contributed by atoms with Gasteiger partial charge in [0.2, 0.25) is 5.91 Å². The first kappa shape index (κ1) is 19.1. The molecule has 0 atom stereocenters. The highest BCUT2D eigenvalue weighted by Crippen LogP contribution is 2.33. The number of nitrogens with zero attached hydrogens (tertiary/aromatic N) is 2. The SMILES string of the molecule is COc1ccccc1-c1ccc(SCC(=O)Nc2ccc3c(c2)OCCO3)nn1. The molecule has 4 rings (SSSR count). The lowest BCUT2D eigenvalue weighted by atomic mass is 10.1. The number of aromatic nitrogens is 2. The lowest BCUT2D eigenvalue weighted by Crippen LogP contribution is -2.17. The van der Waals surface area contributed by atoms with Crippen LogP contribution >= 0.6 is 11.8 Å². The third kappa shape index (κ3) is 4.60. The Morgan fingerprint density at radius 1 is 1.07 bits per heavy atom. The molecule has 1 N–H and O–H groups in total. The molecular formula is C21H19N3O4S. The molecule has 1 aliphatic heterocycles. The third-order valence-electron chi connectivity index (χ3n) is 4.20. The van der Waals surface area contributed by atoms with Gasteiger partial charge in [0.05, 0.1) is 18.6 Å². The van der Waals surface area contributed by atoms with Crippen molar-refractivity contribution in [3.05, 3.63) is 54.6 Å².